The Kier molecular flexibility index (Phi) is 4.69. The number of carbonyl (C=O) groups excluding carboxylic acids is 1. The molecule has 0 bridgehead atoms. The van der Waals surface area contributed by atoms with Crippen molar-refractivity contribution in [1.29, 1.82) is 0 Å². The van der Waals surface area contributed by atoms with Gasteiger partial charge in [0.1, 0.15) is 5.75 Å². The van der Waals surface area contributed by atoms with Crippen LogP contribution in [0.25, 0.3) is 0 Å². The number of rotatable bonds is 5. The van der Waals surface area contributed by atoms with E-state index in [0.29, 0.717) is 6.54 Å². The summed E-state index contributed by atoms with van der Waals surface area (Å²) in [7, 11) is 0. The van der Waals surface area contributed by atoms with Gasteiger partial charge in [-0.15, -0.1) is 0 Å². The molecule has 136 valence electrons. The zero-order chi connectivity index (χ0) is 17.9. The van der Waals surface area contributed by atoms with E-state index in [1.54, 1.807) is 6.92 Å². The number of aryl methyl sites for hydroxylation is 1. The van der Waals surface area contributed by atoms with Crippen LogP contribution in [0, 0.1) is 0 Å². The SMILES string of the molecule is C[C@H](Oc1cccc2c1CCCC2)C(=O)NCc1ccc2c(c1)OCO2. The molecule has 0 fully saturated rings. The Morgan fingerprint density at radius 1 is 1.15 bits per heavy atom. The second kappa shape index (κ2) is 7.28. The first-order chi connectivity index (χ1) is 12.7. The minimum absolute atomic E-state index is 0.129. The van der Waals surface area contributed by atoms with Crippen molar-refractivity contribution >= 4 is 5.91 Å². The van der Waals surface area contributed by atoms with Crippen LogP contribution >= 0.6 is 0 Å². The summed E-state index contributed by atoms with van der Waals surface area (Å²) in [5.41, 5.74) is 3.57. The quantitative estimate of drug-likeness (QED) is 0.895. The van der Waals surface area contributed by atoms with Crippen LogP contribution in [0.3, 0.4) is 0 Å². The molecule has 4 rings (SSSR count). The highest BCUT2D eigenvalue weighted by Gasteiger charge is 2.19. The Hall–Kier alpha value is -2.69. The third-order valence-electron chi connectivity index (χ3n) is 4.93. The minimum atomic E-state index is -0.544. The maximum Gasteiger partial charge on any atom is 0.261 e. The van der Waals surface area contributed by atoms with Crippen LogP contribution in [0.5, 0.6) is 17.2 Å². The number of carbonyl (C=O) groups is 1. The zero-order valence-electron chi connectivity index (χ0n) is 14.9. The number of hydrogen-bond acceptors (Lipinski definition) is 4. The van der Waals surface area contributed by atoms with Gasteiger partial charge in [-0.05, 0) is 67.5 Å². The average molecular weight is 353 g/mol. The van der Waals surface area contributed by atoms with E-state index in [1.807, 2.05) is 30.3 Å². The number of nitrogens with one attached hydrogen (secondary N) is 1. The molecule has 0 aromatic heterocycles. The fourth-order valence-corrected chi connectivity index (χ4v) is 3.48. The maximum atomic E-state index is 12.4. The van der Waals surface area contributed by atoms with Crippen LogP contribution in [-0.4, -0.2) is 18.8 Å². The van der Waals surface area contributed by atoms with E-state index < -0.39 is 6.10 Å². The molecular weight excluding hydrogens is 330 g/mol. The molecular formula is C21H23NO4. The summed E-state index contributed by atoms with van der Waals surface area (Å²) in [4.78, 5) is 12.4. The van der Waals surface area contributed by atoms with Gasteiger partial charge >= 0.3 is 0 Å². The van der Waals surface area contributed by atoms with Gasteiger partial charge in [0, 0.05) is 6.54 Å². The molecule has 0 saturated carbocycles. The first kappa shape index (κ1) is 16.8. The van der Waals surface area contributed by atoms with Gasteiger partial charge in [0.05, 0.1) is 0 Å². The van der Waals surface area contributed by atoms with Gasteiger partial charge in [-0.25, -0.2) is 0 Å². The molecule has 0 spiro atoms. The lowest BCUT2D eigenvalue weighted by Gasteiger charge is -2.22. The molecule has 1 aliphatic carbocycles. The third-order valence-corrected chi connectivity index (χ3v) is 4.93. The summed E-state index contributed by atoms with van der Waals surface area (Å²) in [5, 5.41) is 2.93. The highest BCUT2D eigenvalue weighted by atomic mass is 16.7. The van der Waals surface area contributed by atoms with Crippen LogP contribution in [-0.2, 0) is 24.2 Å². The minimum Gasteiger partial charge on any atom is -0.481 e. The van der Waals surface area contributed by atoms with Crippen molar-refractivity contribution in [3.05, 3.63) is 53.1 Å². The molecule has 0 radical (unpaired) electrons. The van der Waals surface area contributed by atoms with Crippen LogP contribution in [0.2, 0.25) is 0 Å². The lowest BCUT2D eigenvalue weighted by molar-refractivity contribution is -0.127. The molecule has 1 aliphatic heterocycles. The topological polar surface area (TPSA) is 56.8 Å². The molecule has 2 aromatic carbocycles. The molecule has 0 saturated heterocycles. The Bertz CT molecular complexity index is 818. The highest BCUT2D eigenvalue weighted by Crippen LogP contribution is 2.32. The van der Waals surface area contributed by atoms with Crippen molar-refractivity contribution in [2.75, 3.05) is 6.79 Å². The lowest BCUT2D eigenvalue weighted by atomic mass is 9.91. The Balaban J connectivity index is 1.36. The molecule has 1 N–H and O–H groups in total. The fourth-order valence-electron chi connectivity index (χ4n) is 3.48. The summed E-state index contributed by atoms with van der Waals surface area (Å²) in [6.45, 7) is 2.46. The number of benzene rings is 2. The number of fused-ring (bicyclic) bond motifs is 2. The summed E-state index contributed by atoms with van der Waals surface area (Å²) in [6.07, 6.45) is 3.98. The van der Waals surface area contributed by atoms with Gasteiger partial charge in [-0.3, -0.25) is 4.79 Å². The van der Waals surface area contributed by atoms with E-state index in [9.17, 15) is 4.79 Å². The summed E-state index contributed by atoms with van der Waals surface area (Å²) in [5.74, 6) is 2.17. The molecule has 0 unspecified atom stereocenters. The van der Waals surface area contributed by atoms with Gasteiger partial charge in [0.25, 0.3) is 5.91 Å². The van der Waals surface area contributed by atoms with E-state index in [0.717, 1.165) is 35.7 Å². The van der Waals surface area contributed by atoms with Gasteiger partial charge in [-0.2, -0.15) is 0 Å². The Morgan fingerprint density at radius 3 is 2.92 bits per heavy atom. The van der Waals surface area contributed by atoms with Gasteiger partial charge in [0.2, 0.25) is 6.79 Å². The molecule has 1 amide bonds. The van der Waals surface area contributed by atoms with Crippen LogP contribution in [0.1, 0.15) is 36.5 Å². The van der Waals surface area contributed by atoms with Gasteiger partial charge in [-0.1, -0.05) is 18.2 Å². The van der Waals surface area contributed by atoms with Crippen LogP contribution < -0.4 is 19.5 Å². The summed E-state index contributed by atoms with van der Waals surface area (Å²) >= 11 is 0. The third kappa shape index (κ3) is 3.47. The Labute approximate surface area is 153 Å². The van der Waals surface area contributed by atoms with E-state index in [2.05, 4.69) is 11.4 Å². The first-order valence-corrected chi connectivity index (χ1v) is 9.14. The van der Waals surface area contributed by atoms with Crippen molar-refractivity contribution < 1.29 is 19.0 Å². The zero-order valence-corrected chi connectivity index (χ0v) is 14.9. The van der Waals surface area contributed by atoms with E-state index in [-0.39, 0.29) is 12.7 Å². The number of ether oxygens (including phenoxy) is 3. The Morgan fingerprint density at radius 2 is 2.00 bits per heavy atom. The molecule has 5 heteroatoms. The fraction of sp³-hybridized carbons (Fsp3) is 0.381. The molecule has 5 nitrogen and oxygen atoms in total. The largest absolute Gasteiger partial charge is 0.481 e. The van der Waals surface area contributed by atoms with Gasteiger partial charge < -0.3 is 19.5 Å². The van der Waals surface area contributed by atoms with Crippen molar-refractivity contribution in [2.45, 2.75) is 45.3 Å². The van der Waals surface area contributed by atoms with Crippen molar-refractivity contribution in [3.8, 4) is 17.2 Å². The standard InChI is InChI=1S/C21H23NO4/c1-14(26-18-8-4-6-16-5-2-3-7-17(16)18)21(23)22-12-15-9-10-19-20(11-15)25-13-24-19/h4,6,8-11,14H,2-3,5,7,12-13H2,1H3,(H,22,23)/t14-/m0/s1. The van der Waals surface area contributed by atoms with E-state index >= 15 is 0 Å². The van der Waals surface area contributed by atoms with Crippen LogP contribution in [0.4, 0.5) is 0 Å². The molecule has 2 aromatic rings. The average Bonchev–Trinajstić information content (AvgIpc) is 3.14. The summed E-state index contributed by atoms with van der Waals surface area (Å²) in [6, 6.07) is 11.8. The monoisotopic (exact) mass is 353 g/mol. The summed E-state index contributed by atoms with van der Waals surface area (Å²) < 4.78 is 16.6. The number of hydrogen-bond donors (Lipinski definition) is 1. The smallest absolute Gasteiger partial charge is 0.261 e. The normalized spacial score (nSPS) is 15.9. The molecule has 2 aliphatic rings. The molecule has 1 atom stereocenters. The second-order valence-electron chi connectivity index (χ2n) is 6.77. The number of amides is 1. The van der Waals surface area contributed by atoms with Gasteiger partial charge in [0.15, 0.2) is 17.6 Å². The van der Waals surface area contributed by atoms with Crippen molar-refractivity contribution in [3.63, 3.8) is 0 Å². The maximum absolute atomic E-state index is 12.4. The molecule has 1 heterocycles. The van der Waals surface area contributed by atoms with Crippen LogP contribution in [0.15, 0.2) is 36.4 Å². The van der Waals surface area contributed by atoms with Crippen molar-refractivity contribution in [1.82, 2.24) is 5.32 Å². The van der Waals surface area contributed by atoms with E-state index in [1.165, 1.54) is 24.0 Å². The predicted molar refractivity (Wildman–Crippen MR) is 97.6 cm³/mol. The van der Waals surface area contributed by atoms with Crippen molar-refractivity contribution in [2.24, 2.45) is 0 Å². The molecule has 26 heavy (non-hydrogen) atoms. The first-order valence-electron chi connectivity index (χ1n) is 9.14. The lowest BCUT2D eigenvalue weighted by Crippen LogP contribution is -2.36. The second-order valence-corrected chi connectivity index (χ2v) is 6.77. The van der Waals surface area contributed by atoms with E-state index in [4.69, 9.17) is 14.2 Å². The highest BCUT2D eigenvalue weighted by molar-refractivity contribution is 5.80. The predicted octanol–water partition coefficient (Wildman–Crippen LogP) is 3.38.